The number of rotatable bonds is 12. The molecule has 0 fully saturated rings. The Labute approximate surface area is 214 Å². The molecular formula is C30H29F2NO4. The summed E-state index contributed by atoms with van der Waals surface area (Å²) in [7, 11) is 0. The maximum absolute atomic E-state index is 13.8. The lowest BCUT2D eigenvalue weighted by molar-refractivity contribution is 0.0174. The summed E-state index contributed by atoms with van der Waals surface area (Å²) in [4.78, 5) is 26.6. The predicted octanol–water partition coefficient (Wildman–Crippen LogP) is 6.77. The number of phenols is 1. The molecule has 3 N–H and O–H groups in total. The minimum Gasteiger partial charge on any atom is -0.513 e. The summed E-state index contributed by atoms with van der Waals surface area (Å²) in [5, 5.41) is 22.2. The lowest BCUT2D eigenvalue weighted by Crippen LogP contribution is -2.18. The quantitative estimate of drug-likeness (QED) is 0.187. The molecule has 37 heavy (non-hydrogen) atoms. The van der Waals surface area contributed by atoms with Crippen LogP contribution in [-0.4, -0.2) is 28.3 Å². The minimum atomic E-state index is -3.11. The molecule has 0 aliphatic heterocycles. The van der Waals surface area contributed by atoms with Crippen molar-refractivity contribution in [1.29, 1.82) is 0 Å². The molecule has 3 rings (SSSR count). The van der Waals surface area contributed by atoms with Gasteiger partial charge in [-0.1, -0.05) is 67.8 Å². The Hall–Kier alpha value is -4.26. The molecule has 7 heteroatoms. The van der Waals surface area contributed by atoms with Gasteiger partial charge in [-0.05, 0) is 29.3 Å². The number of benzene rings is 3. The smallest absolute Gasteiger partial charge is 0.270 e. The first-order valence-electron chi connectivity index (χ1n) is 11.7. The third-order valence-corrected chi connectivity index (χ3v) is 5.94. The number of carbonyl (C=O) groups is 2. The van der Waals surface area contributed by atoms with Crippen molar-refractivity contribution in [3.05, 3.63) is 120 Å². The molecule has 0 saturated heterocycles. The number of aromatic hydroxyl groups is 1. The Kier molecular flexibility index (Phi) is 8.60. The number of phenolic OH excluding ortho intramolecular Hbond substituents is 1. The maximum Gasteiger partial charge on any atom is 0.270 e. The van der Waals surface area contributed by atoms with Crippen molar-refractivity contribution in [1.82, 2.24) is 5.32 Å². The van der Waals surface area contributed by atoms with Crippen LogP contribution in [0.25, 0.3) is 5.70 Å². The van der Waals surface area contributed by atoms with Crippen LogP contribution in [0.4, 0.5) is 8.78 Å². The number of halogens is 2. The monoisotopic (exact) mass is 505 g/mol. The fourth-order valence-corrected chi connectivity index (χ4v) is 3.87. The van der Waals surface area contributed by atoms with E-state index in [0.29, 0.717) is 24.2 Å². The molecule has 5 nitrogen and oxygen atoms in total. The average Bonchev–Trinajstić information content (AvgIpc) is 2.86. The van der Waals surface area contributed by atoms with Crippen LogP contribution in [0.3, 0.4) is 0 Å². The second-order valence-corrected chi connectivity index (χ2v) is 8.91. The zero-order valence-electron chi connectivity index (χ0n) is 20.5. The molecular weight excluding hydrogens is 476 g/mol. The fourth-order valence-electron chi connectivity index (χ4n) is 3.87. The van der Waals surface area contributed by atoms with Gasteiger partial charge in [-0.3, -0.25) is 9.59 Å². The van der Waals surface area contributed by atoms with Crippen LogP contribution in [-0.2, 0) is 5.92 Å². The summed E-state index contributed by atoms with van der Waals surface area (Å²) < 4.78 is 27.6. The van der Waals surface area contributed by atoms with E-state index < -0.39 is 17.6 Å². The van der Waals surface area contributed by atoms with E-state index in [0.717, 1.165) is 18.6 Å². The molecule has 0 aliphatic carbocycles. The Morgan fingerprint density at radius 1 is 0.946 bits per heavy atom. The van der Waals surface area contributed by atoms with Gasteiger partial charge in [-0.15, -0.1) is 0 Å². The second kappa shape index (κ2) is 11.6. The standard InChI is InChI=1S/C30H29F2NO4/c1-19(34)14-15-33-20(2)21-10-12-22(13-11-21)27(29(37)24-7-5-9-26(35)17-24)18-28(36)23-6-4-8-25(16-23)30(3,31)32/h4-13,16-17,27,33-35H,1-2,14-15,18H2,3H3. The van der Waals surface area contributed by atoms with E-state index in [1.165, 1.54) is 36.4 Å². The summed E-state index contributed by atoms with van der Waals surface area (Å²) >= 11 is 0. The van der Waals surface area contributed by atoms with Crippen LogP contribution < -0.4 is 5.32 Å². The number of hydrogen-bond donors (Lipinski definition) is 3. The fraction of sp³-hybridized carbons (Fsp3) is 0.200. The Morgan fingerprint density at radius 3 is 2.22 bits per heavy atom. The van der Waals surface area contributed by atoms with Gasteiger partial charge in [0.2, 0.25) is 0 Å². The van der Waals surface area contributed by atoms with Crippen LogP contribution in [0.5, 0.6) is 5.75 Å². The highest BCUT2D eigenvalue weighted by atomic mass is 19.3. The molecule has 1 unspecified atom stereocenters. The van der Waals surface area contributed by atoms with Gasteiger partial charge < -0.3 is 15.5 Å². The summed E-state index contributed by atoms with van der Waals surface area (Å²) in [5.74, 6) is -4.88. The van der Waals surface area contributed by atoms with Gasteiger partial charge in [0, 0.05) is 48.7 Å². The second-order valence-electron chi connectivity index (χ2n) is 8.91. The minimum absolute atomic E-state index is 0.0572. The number of carbonyl (C=O) groups excluding carboxylic acids is 2. The molecule has 192 valence electrons. The van der Waals surface area contributed by atoms with E-state index >= 15 is 0 Å². The molecule has 0 aromatic heterocycles. The third-order valence-electron chi connectivity index (χ3n) is 5.94. The summed E-state index contributed by atoms with van der Waals surface area (Å²) in [6.45, 7) is 8.61. The van der Waals surface area contributed by atoms with Crippen molar-refractivity contribution in [2.45, 2.75) is 31.6 Å². The average molecular weight is 506 g/mol. The highest BCUT2D eigenvalue weighted by molar-refractivity contribution is 6.06. The largest absolute Gasteiger partial charge is 0.513 e. The van der Waals surface area contributed by atoms with Gasteiger partial charge in [-0.2, -0.15) is 0 Å². The van der Waals surface area contributed by atoms with E-state index in [1.54, 1.807) is 30.3 Å². The van der Waals surface area contributed by atoms with E-state index in [4.69, 9.17) is 0 Å². The molecule has 0 saturated carbocycles. The summed E-state index contributed by atoms with van der Waals surface area (Å²) in [6, 6.07) is 18.0. The van der Waals surface area contributed by atoms with Crippen molar-refractivity contribution in [3.8, 4) is 5.75 Å². The number of Topliss-reactive ketones (excluding diaryl/α,β-unsaturated/α-hetero) is 2. The van der Waals surface area contributed by atoms with Crippen molar-refractivity contribution in [2.24, 2.45) is 0 Å². The molecule has 0 aliphatic rings. The highest BCUT2D eigenvalue weighted by Gasteiger charge is 2.28. The number of hydrogen-bond acceptors (Lipinski definition) is 5. The number of aliphatic hydroxyl groups excluding tert-OH is 1. The highest BCUT2D eigenvalue weighted by Crippen LogP contribution is 2.31. The van der Waals surface area contributed by atoms with Gasteiger partial charge in [0.05, 0.1) is 11.7 Å². The first-order chi connectivity index (χ1) is 17.5. The van der Waals surface area contributed by atoms with Crippen molar-refractivity contribution < 1.29 is 28.6 Å². The van der Waals surface area contributed by atoms with E-state index in [9.17, 15) is 28.6 Å². The molecule has 0 heterocycles. The number of alkyl halides is 2. The van der Waals surface area contributed by atoms with Crippen LogP contribution in [0, 0.1) is 0 Å². The predicted molar refractivity (Wildman–Crippen MR) is 140 cm³/mol. The molecule has 0 bridgehead atoms. The van der Waals surface area contributed by atoms with Crippen LogP contribution in [0.1, 0.15) is 63.1 Å². The topological polar surface area (TPSA) is 86.6 Å². The van der Waals surface area contributed by atoms with E-state index in [-0.39, 0.29) is 40.4 Å². The molecule has 3 aromatic carbocycles. The summed E-state index contributed by atoms with van der Waals surface area (Å²) in [5.41, 5.74) is 1.95. The Morgan fingerprint density at radius 2 is 1.59 bits per heavy atom. The van der Waals surface area contributed by atoms with Crippen molar-refractivity contribution >= 4 is 17.3 Å². The van der Waals surface area contributed by atoms with Crippen molar-refractivity contribution in [2.75, 3.05) is 6.54 Å². The molecule has 0 spiro atoms. The Balaban J connectivity index is 1.90. The first kappa shape index (κ1) is 27.3. The van der Waals surface area contributed by atoms with Gasteiger partial charge in [0.25, 0.3) is 5.92 Å². The summed E-state index contributed by atoms with van der Waals surface area (Å²) in [6.07, 6.45) is 0.120. The first-order valence-corrected chi connectivity index (χ1v) is 11.7. The van der Waals surface area contributed by atoms with E-state index in [2.05, 4.69) is 18.5 Å². The van der Waals surface area contributed by atoms with E-state index in [1.807, 2.05) is 0 Å². The maximum atomic E-state index is 13.8. The zero-order chi connectivity index (χ0) is 27.2. The lowest BCUT2D eigenvalue weighted by atomic mass is 9.84. The number of ketones is 2. The SMILES string of the molecule is C=C(O)CCNC(=C)c1ccc(C(CC(=O)c2cccc(C(C)(F)F)c2)C(=O)c2cccc(O)c2)cc1. The number of aliphatic hydroxyl groups is 1. The van der Waals surface area contributed by atoms with Gasteiger partial charge in [-0.25, -0.2) is 8.78 Å². The zero-order valence-corrected chi connectivity index (χ0v) is 20.5. The molecule has 1 atom stereocenters. The third kappa shape index (κ3) is 7.36. The van der Waals surface area contributed by atoms with Crippen molar-refractivity contribution in [3.63, 3.8) is 0 Å². The number of nitrogens with one attached hydrogen (secondary N) is 1. The van der Waals surface area contributed by atoms with Gasteiger partial charge >= 0.3 is 0 Å². The Bertz CT molecular complexity index is 1310. The molecule has 0 amide bonds. The van der Waals surface area contributed by atoms with Crippen LogP contribution in [0.2, 0.25) is 0 Å². The van der Waals surface area contributed by atoms with Crippen LogP contribution in [0.15, 0.2) is 91.7 Å². The molecule has 3 aromatic rings. The van der Waals surface area contributed by atoms with Gasteiger partial charge in [0.1, 0.15) is 5.75 Å². The van der Waals surface area contributed by atoms with Gasteiger partial charge in [0.15, 0.2) is 11.6 Å². The lowest BCUT2D eigenvalue weighted by Gasteiger charge is -2.18. The molecule has 0 radical (unpaired) electrons. The van der Waals surface area contributed by atoms with Crippen LogP contribution >= 0.6 is 0 Å². The normalized spacial score (nSPS) is 12.0.